The van der Waals surface area contributed by atoms with Gasteiger partial charge in [-0.15, -0.1) is 0 Å². The molecule has 1 aliphatic heterocycles. The Morgan fingerprint density at radius 1 is 0.656 bits per heavy atom. The van der Waals surface area contributed by atoms with Crippen LogP contribution in [0, 0.1) is 0 Å². The second-order valence-electron chi connectivity index (χ2n) is 10.4. The summed E-state index contributed by atoms with van der Waals surface area (Å²) in [5, 5.41) is 43.8. The van der Waals surface area contributed by atoms with Gasteiger partial charge in [0.2, 0.25) is 0 Å². The molecule has 1 heterocycles. The molecule has 6 heteroatoms. The van der Waals surface area contributed by atoms with E-state index >= 15 is 0 Å². The lowest BCUT2D eigenvalue weighted by molar-refractivity contribution is -0.281. The predicted octanol–water partition coefficient (Wildman–Crippen LogP) is 4.42. The quantitative estimate of drug-likeness (QED) is 0.183. The van der Waals surface area contributed by atoms with E-state index in [0.29, 0.717) is 6.54 Å². The van der Waals surface area contributed by atoms with E-state index in [9.17, 15) is 20.4 Å². The molecule has 0 aromatic heterocycles. The van der Waals surface area contributed by atoms with Crippen LogP contribution in [-0.4, -0.2) is 63.2 Å². The maximum absolute atomic E-state index is 10.3. The molecule has 5 atom stereocenters. The van der Waals surface area contributed by atoms with Crippen molar-refractivity contribution in [1.82, 2.24) is 5.32 Å². The second-order valence-corrected chi connectivity index (χ2v) is 10.4. The Labute approximate surface area is 197 Å². The van der Waals surface area contributed by atoms with Crippen molar-refractivity contribution in [2.75, 3.05) is 6.54 Å². The number of nitrogens with one attached hydrogen (secondary N) is 1. The minimum Gasteiger partial charge on any atom is -0.388 e. The summed E-state index contributed by atoms with van der Waals surface area (Å²) in [4.78, 5) is 0. The van der Waals surface area contributed by atoms with Gasteiger partial charge in [-0.3, -0.25) is 0 Å². The van der Waals surface area contributed by atoms with E-state index in [2.05, 4.69) is 12.2 Å². The number of ether oxygens (including phenoxy) is 1. The number of aliphatic hydroxyl groups excluding tert-OH is 3. The number of aliphatic hydroxyl groups is 4. The SMILES string of the molecule is CCCCCCCCCCCCCCCCCCN[C@@H]1C(O)O[C@H](C(C)(C)O)[C@@H](O)[C@@H]1O. The first-order valence-electron chi connectivity index (χ1n) is 13.4. The van der Waals surface area contributed by atoms with Gasteiger partial charge in [0.25, 0.3) is 0 Å². The predicted molar refractivity (Wildman–Crippen MR) is 131 cm³/mol. The fourth-order valence-electron chi connectivity index (χ4n) is 4.62. The van der Waals surface area contributed by atoms with Gasteiger partial charge in [-0.2, -0.15) is 0 Å². The Balaban J connectivity index is 1.94. The van der Waals surface area contributed by atoms with E-state index in [1.165, 1.54) is 104 Å². The van der Waals surface area contributed by atoms with Crippen LogP contribution in [0.5, 0.6) is 0 Å². The van der Waals surface area contributed by atoms with Gasteiger partial charge in [-0.1, -0.05) is 103 Å². The Kier molecular flexibility index (Phi) is 16.0. The van der Waals surface area contributed by atoms with Gasteiger partial charge in [-0.05, 0) is 26.8 Å². The van der Waals surface area contributed by atoms with Crippen LogP contribution in [0.1, 0.15) is 124 Å². The zero-order valence-electron chi connectivity index (χ0n) is 21.1. The third-order valence-corrected chi connectivity index (χ3v) is 6.73. The summed E-state index contributed by atoms with van der Waals surface area (Å²) in [7, 11) is 0. The van der Waals surface area contributed by atoms with Crippen molar-refractivity contribution < 1.29 is 25.2 Å². The lowest BCUT2D eigenvalue weighted by Gasteiger charge is -2.45. The van der Waals surface area contributed by atoms with Crippen LogP contribution in [0.15, 0.2) is 0 Å². The summed E-state index contributed by atoms with van der Waals surface area (Å²) in [6.07, 6.45) is 16.4. The number of hydrogen-bond donors (Lipinski definition) is 5. The maximum atomic E-state index is 10.3. The zero-order valence-corrected chi connectivity index (χ0v) is 21.1. The molecule has 1 unspecified atom stereocenters. The summed E-state index contributed by atoms with van der Waals surface area (Å²) in [6, 6.07) is -0.750. The fraction of sp³-hybridized carbons (Fsp3) is 1.00. The molecular formula is C26H53NO5. The highest BCUT2D eigenvalue weighted by atomic mass is 16.6. The lowest BCUT2D eigenvalue weighted by Crippen LogP contribution is -2.66. The van der Waals surface area contributed by atoms with Crippen LogP contribution in [0.25, 0.3) is 0 Å². The largest absolute Gasteiger partial charge is 0.388 e. The standard InChI is InChI=1S/C26H53NO5/c1-4-5-6-7-8-9-10-11-12-13-14-15-16-17-18-19-20-27-21-22(28)23(29)24(26(2,3)31)32-25(21)30/h21-25,27-31H,4-20H2,1-3H3/t21-,22+,23-,24-,25?/m0/s1. The number of hydrogen-bond acceptors (Lipinski definition) is 6. The van der Waals surface area contributed by atoms with Crippen LogP contribution < -0.4 is 5.32 Å². The van der Waals surface area contributed by atoms with E-state index in [0.717, 1.165) is 12.8 Å². The van der Waals surface area contributed by atoms with Gasteiger partial charge in [0.05, 0.1) is 11.6 Å². The molecule has 0 saturated carbocycles. The molecular weight excluding hydrogens is 406 g/mol. The molecule has 0 amide bonds. The Bertz CT molecular complexity index is 442. The van der Waals surface area contributed by atoms with Crippen LogP contribution in [-0.2, 0) is 4.74 Å². The molecule has 192 valence electrons. The molecule has 1 rings (SSSR count). The first-order chi connectivity index (χ1) is 15.3. The average Bonchev–Trinajstić information content (AvgIpc) is 2.74. The first-order valence-corrected chi connectivity index (χ1v) is 13.4. The van der Waals surface area contributed by atoms with Crippen molar-refractivity contribution >= 4 is 0 Å². The first kappa shape index (κ1) is 29.8. The lowest BCUT2D eigenvalue weighted by atomic mass is 9.88. The van der Waals surface area contributed by atoms with Crippen LogP contribution in [0.2, 0.25) is 0 Å². The van der Waals surface area contributed by atoms with E-state index in [-0.39, 0.29) is 0 Å². The molecule has 0 aliphatic carbocycles. The average molecular weight is 460 g/mol. The summed E-state index contributed by atoms with van der Waals surface area (Å²) in [5.41, 5.74) is -1.35. The molecule has 0 aromatic carbocycles. The van der Waals surface area contributed by atoms with Crippen molar-refractivity contribution in [3.8, 4) is 0 Å². The molecule has 1 fully saturated rings. The zero-order chi connectivity index (χ0) is 23.8. The van der Waals surface area contributed by atoms with Gasteiger partial charge in [0.15, 0.2) is 6.29 Å². The van der Waals surface area contributed by atoms with Gasteiger partial charge in [0, 0.05) is 0 Å². The second kappa shape index (κ2) is 17.2. The highest BCUT2D eigenvalue weighted by molar-refractivity contribution is 4.98. The molecule has 0 spiro atoms. The van der Waals surface area contributed by atoms with Gasteiger partial charge >= 0.3 is 0 Å². The summed E-state index contributed by atoms with van der Waals surface area (Å²) >= 11 is 0. The van der Waals surface area contributed by atoms with Crippen molar-refractivity contribution in [2.45, 2.75) is 160 Å². The minimum atomic E-state index is -1.35. The van der Waals surface area contributed by atoms with E-state index < -0.39 is 36.2 Å². The van der Waals surface area contributed by atoms with Gasteiger partial charge in [0.1, 0.15) is 18.3 Å². The van der Waals surface area contributed by atoms with Crippen LogP contribution >= 0.6 is 0 Å². The van der Waals surface area contributed by atoms with E-state index in [1.807, 2.05) is 0 Å². The van der Waals surface area contributed by atoms with Crippen molar-refractivity contribution in [1.29, 1.82) is 0 Å². The Morgan fingerprint density at radius 3 is 1.47 bits per heavy atom. The van der Waals surface area contributed by atoms with E-state index in [4.69, 9.17) is 4.74 Å². The topological polar surface area (TPSA) is 102 Å². The minimum absolute atomic E-state index is 0.653. The molecule has 0 radical (unpaired) electrons. The van der Waals surface area contributed by atoms with E-state index in [1.54, 1.807) is 0 Å². The summed E-state index contributed by atoms with van der Waals surface area (Å²) in [6.45, 7) is 5.90. The van der Waals surface area contributed by atoms with Gasteiger partial charge < -0.3 is 30.5 Å². The van der Waals surface area contributed by atoms with Gasteiger partial charge in [-0.25, -0.2) is 0 Å². The highest BCUT2D eigenvalue weighted by Crippen LogP contribution is 2.27. The Morgan fingerprint density at radius 2 is 1.06 bits per heavy atom. The Hall–Kier alpha value is -0.240. The summed E-state index contributed by atoms with van der Waals surface area (Å²) < 4.78 is 5.36. The van der Waals surface area contributed by atoms with Crippen LogP contribution in [0.3, 0.4) is 0 Å². The smallest absolute Gasteiger partial charge is 0.173 e. The molecule has 0 bridgehead atoms. The highest BCUT2D eigenvalue weighted by Gasteiger charge is 2.48. The van der Waals surface area contributed by atoms with Crippen molar-refractivity contribution in [3.05, 3.63) is 0 Å². The monoisotopic (exact) mass is 459 g/mol. The molecule has 1 saturated heterocycles. The van der Waals surface area contributed by atoms with Crippen molar-refractivity contribution in [2.24, 2.45) is 0 Å². The normalized spacial score (nSPS) is 26.5. The molecule has 6 nitrogen and oxygen atoms in total. The summed E-state index contributed by atoms with van der Waals surface area (Å²) in [5.74, 6) is 0. The molecule has 1 aliphatic rings. The maximum Gasteiger partial charge on any atom is 0.173 e. The fourth-order valence-corrected chi connectivity index (χ4v) is 4.62. The molecule has 32 heavy (non-hydrogen) atoms. The number of unbranched alkanes of at least 4 members (excludes halogenated alkanes) is 15. The molecule has 5 N–H and O–H groups in total. The van der Waals surface area contributed by atoms with Crippen LogP contribution in [0.4, 0.5) is 0 Å². The third-order valence-electron chi connectivity index (χ3n) is 6.73. The third kappa shape index (κ3) is 12.3. The molecule has 0 aromatic rings. The van der Waals surface area contributed by atoms with Crippen molar-refractivity contribution in [3.63, 3.8) is 0 Å². The number of rotatable bonds is 19.